The van der Waals surface area contributed by atoms with Gasteiger partial charge in [0.1, 0.15) is 6.61 Å². The molecular formula is C15H15N3O2. The molecule has 2 aromatic carbocycles. The summed E-state index contributed by atoms with van der Waals surface area (Å²) >= 11 is 0. The van der Waals surface area contributed by atoms with Crippen molar-refractivity contribution in [1.82, 2.24) is 0 Å². The summed E-state index contributed by atoms with van der Waals surface area (Å²) in [6.45, 7) is 0.228. The molecule has 0 aliphatic rings. The van der Waals surface area contributed by atoms with Crippen LogP contribution in [0.2, 0.25) is 0 Å². The zero-order valence-electron chi connectivity index (χ0n) is 10.8. The number of hydrogen-bond acceptors (Lipinski definition) is 3. The molecule has 0 unspecified atom stereocenters. The maximum absolute atomic E-state index is 11.9. The number of carbonyl (C=O) groups is 1. The predicted octanol–water partition coefficient (Wildman–Crippen LogP) is 1.95. The Hall–Kier alpha value is -2.82. The van der Waals surface area contributed by atoms with Gasteiger partial charge in [-0.2, -0.15) is 0 Å². The highest BCUT2D eigenvalue weighted by atomic mass is 16.5. The van der Waals surface area contributed by atoms with Gasteiger partial charge < -0.3 is 16.2 Å². The Labute approximate surface area is 116 Å². The van der Waals surface area contributed by atoms with E-state index in [1.54, 1.807) is 24.3 Å². The van der Waals surface area contributed by atoms with Gasteiger partial charge in [0.05, 0.1) is 11.3 Å². The Bertz CT molecular complexity index is 620. The molecule has 20 heavy (non-hydrogen) atoms. The standard InChI is InChI=1S/C15H15N3O2/c16-15(17)18-13-8-4-7-12(9-13)14(19)20-10-11-5-2-1-3-6-11/h1-9H,10H2,(H4,16,17,18). The molecule has 5 heteroatoms. The number of hydrogen-bond donors (Lipinski definition) is 2. The molecule has 5 nitrogen and oxygen atoms in total. The van der Waals surface area contributed by atoms with Gasteiger partial charge in [0, 0.05) is 0 Å². The molecule has 0 bridgehead atoms. The molecule has 102 valence electrons. The van der Waals surface area contributed by atoms with Crippen molar-refractivity contribution in [2.75, 3.05) is 0 Å². The van der Waals surface area contributed by atoms with Crippen LogP contribution in [0.1, 0.15) is 15.9 Å². The van der Waals surface area contributed by atoms with Crippen molar-refractivity contribution in [3.63, 3.8) is 0 Å². The SMILES string of the molecule is NC(N)=Nc1cccc(C(=O)OCc2ccccc2)c1. The van der Waals surface area contributed by atoms with Crippen LogP contribution in [0.25, 0.3) is 0 Å². The second-order valence-electron chi connectivity index (χ2n) is 4.15. The van der Waals surface area contributed by atoms with Gasteiger partial charge in [0.15, 0.2) is 5.96 Å². The molecule has 0 saturated heterocycles. The molecule has 0 heterocycles. The number of benzene rings is 2. The van der Waals surface area contributed by atoms with Crippen LogP contribution in [0.5, 0.6) is 0 Å². The summed E-state index contributed by atoms with van der Waals surface area (Å²) in [5.74, 6) is -0.471. The van der Waals surface area contributed by atoms with Crippen LogP contribution >= 0.6 is 0 Å². The van der Waals surface area contributed by atoms with Crippen molar-refractivity contribution in [2.45, 2.75) is 6.61 Å². The van der Waals surface area contributed by atoms with Gasteiger partial charge in [0.2, 0.25) is 0 Å². The van der Waals surface area contributed by atoms with E-state index in [1.807, 2.05) is 30.3 Å². The largest absolute Gasteiger partial charge is 0.457 e. The summed E-state index contributed by atoms with van der Waals surface area (Å²) in [5.41, 5.74) is 12.4. The van der Waals surface area contributed by atoms with Crippen LogP contribution in [0, 0.1) is 0 Å². The highest BCUT2D eigenvalue weighted by Crippen LogP contribution is 2.15. The minimum atomic E-state index is -0.415. The number of nitrogens with two attached hydrogens (primary N) is 2. The fourth-order valence-corrected chi connectivity index (χ4v) is 1.66. The second kappa shape index (κ2) is 6.38. The summed E-state index contributed by atoms with van der Waals surface area (Å²) in [5, 5.41) is 0. The second-order valence-corrected chi connectivity index (χ2v) is 4.15. The number of guanidine groups is 1. The van der Waals surface area contributed by atoms with Crippen molar-refractivity contribution >= 4 is 17.6 Å². The average Bonchev–Trinajstić information content (AvgIpc) is 2.45. The Kier molecular flexibility index (Phi) is 4.34. The molecule has 0 radical (unpaired) electrons. The minimum Gasteiger partial charge on any atom is -0.457 e. The average molecular weight is 269 g/mol. The lowest BCUT2D eigenvalue weighted by molar-refractivity contribution is 0.0473. The first kappa shape index (κ1) is 13.6. The van der Waals surface area contributed by atoms with Gasteiger partial charge >= 0.3 is 5.97 Å². The Morgan fingerprint density at radius 1 is 1.05 bits per heavy atom. The van der Waals surface area contributed by atoms with E-state index in [2.05, 4.69) is 4.99 Å². The van der Waals surface area contributed by atoms with Gasteiger partial charge in [-0.1, -0.05) is 36.4 Å². The van der Waals surface area contributed by atoms with E-state index in [1.165, 1.54) is 0 Å². The summed E-state index contributed by atoms with van der Waals surface area (Å²) in [7, 11) is 0. The van der Waals surface area contributed by atoms with Crippen molar-refractivity contribution in [1.29, 1.82) is 0 Å². The lowest BCUT2D eigenvalue weighted by atomic mass is 10.2. The fraction of sp³-hybridized carbons (Fsp3) is 0.0667. The lowest BCUT2D eigenvalue weighted by Crippen LogP contribution is -2.21. The maximum Gasteiger partial charge on any atom is 0.338 e. The quantitative estimate of drug-likeness (QED) is 0.504. The van der Waals surface area contributed by atoms with Crippen molar-refractivity contribution in [2.24, 2.45) is 16.5 Å². The third-order valence-corrected chi connectivity index (χ3v) is 2.55. The fourth-order valence-electron chi connectivity index (χ4n) is 1.66. The van der Waals surface area contributed by atoms with Gasteiger partial charge in [0.25, 0.3) is 0 Å². The first-order chi connectivity index (χ1) is 9.65. The number of aliphatic imine (C=N–C) groups is 1. The zero-order valence-corrected chi connectivity index (χ0v) is 10.8. The van der Waals surface area contributed by atoms with E-state index in [0.717, 1.165) is 5.56 Å². The molecule has 0 aliphatic heterocycles. The van der Waals surface area contributed by atoms with E-state index in [0.29, 0.717) is 11.3 Å². The van der Waals surface area contributed by atoms with E-state index in [-0.39, 0.29) is 12.6 Å². The summed E-state index contributed by atoms with van der Waals surface area (Å²) in [4.78, 5) is 15.8. The third-order valence-electron chi connectivity index (χ3n) is 2.55. The molecular weight excluding hydrogens is 254 g/mol. The molecule has 0 fully saturated rings. The first-order valence-electron chi connectivity index (χ1n) is 6.06. The van der Waals surface area contributed by atoms with Gasteiger partial charge in [-0.15, -0.1) is 0 Å². The molecule has 2 rings (SSSR count). The molecule has 0 amide bonds. The van der Waals surface area contributed by atoms with Crippen LogP contribution in [0.15, 0.2) is 59.6 Å². The third kappa shape index (κ3) is 3.84. The maximum atomic E-state index is 11.9. The van der Waals surface area contributed by atoms with E-state index in [9.17, 15) is 4.79 Å². The molecule has 2 aromatic rings. The smallest absolute Gasteiger partial charge is 0.338 e. The van der Waals surface area contributed by atoms with Crippen LogP contribution < -0.4 is 11.5 Å². The van der Waals surface area contributed by atoms with Crippen molar-refractivity contribution in [3.05, 3.63) is 65.7 Å². The molecule has 0 saturated carbocycles. The summed E-state index contributed by atoms with van der Waals surface area (Å²) in [6.07, 6.45) is 0. The highest BCUT2D eigenvalue weighted by Gasteiger charge is 2.07. The van der Waals surface area contributed by atoms with E-state index < -0.39 is 5.97 Å². The first-order valence-corrected chi connectivity index (χ1v) is 6.06. The predicted molar refractivity (Wildman–Crippen MR) is 77.5 cm³/mol. The lowest BCUT2D eigenvalue weighted by Gasteiger charge is -2.05. The van der Waals surface area contributed by atoms with Crippen LogP contribution in [0.3, 0.4) is 0 Å². The van der Waals surface area contributed by atoms with Crippen LogP contribution in [-0.2, 0) is 11.3 Å². The van der Waals surface area contributed by atoms with Crippen LogP contribution in [-0.4, -0.2) is 11.9 Å². The Balaban J connectivity index is 2.04. The highest BCUT2D eigenvalue weighted by molar-refractivity contribution is 5.90. The normalized spacial score (nSPS) is 9.80. The number of esters is 1. The monoisotopic (exact) mass is 269 g/mol. The van der Waals surface area contributed by atoms with Crippen molar-refractivity contribution < 1.29 is 9.53 Å². The molecule has 0 spiro atoms. The number of rotatable bonds is 4. The van der Waals surface area contributed by atoms with Gasteiger partial charge in [-0.3, -0.25) is 0 Å². The van der Waals surface area contributed by atoms with Gasteiger partial charge in [-0.05, 0) is 23.8 Å². The Morgan fingerprint density at radius 3 is 2.50 bits per heavy atom. The zero-order chi connectivity index (χ0) is 14.4. The number of carbonyl (C=O) groups excluding carboxylic acids is 1. The topological polar surface area (TPSA) is 90.7 Å². The Morgan fingerprint density at radius 2 is 1.80 bits per heavy atom. The van der Waals surface area contributed by atoms with Crippen molar-refractivity contribution in [3.8, 4) is 0 Å². The minimum absolute atomic E-state index is 0.0557. The summed E-state index contributed by atoms with van der Waals surface area (Å²) < 4.78 is 5.22. The number of ether oxygens (including phenoxy) is 1. The van der Waals surface area contributed by atoms with E-state index >= 15 is 0 Å². The molecule has 0 atom stereocenters. The van der Waals surface area contributed by atoms with E-state index in [4.69, 9.17) is 16.2 Å². The molecule has 0 aromatic heterocycles. The molecule has 4 N–H and O–H groups in total. The number of nitrogens with zero attached hydrogens (tertiary/aromatic N) is 1. The van der Waals surface area contributed by atoms with Gasteiger partial charge in [-0.25, -0.2) is 9.79 Å². The summed E-state index contributed by atoms with van der Waals surface area (Å²) in [6, 6.07) is 16.1. The van der Waals surface area contributed by atoms with Crippen LogP contribution in [0.4, 0.5) is 5.69 Å². The molecule has 0 aliphatic carbocycles.